The Morgan fingerprint density at radius 3 is 2.55 bits per heavy atom. The first kappa shape index (κ1) is 19.5. The summed E-state index contributed by atoms with van der Waals surface area (Å²) in [7, 11) is 0. The number of guanidine groups is 2. The summed E-state index contributed by atoms with van der Waals surface area (Å²) in [6, 6.07) is 6.41. The molecular formula is C18H22N8O5. The zero-order valence-corrected chi connectivity index (χ0v) is 16.2. The van der Waals surface area contributed by atoms with Crippen LogP contribution in [-0.2, 0) is 4.79 Å². The van der Waals surface area contributed by atoms with Gasteiger partial charge >= 0.3 is 6.03 Å². The summed E-state index contributed by atoms with van der Waals surface area (Å²) >= 11 is 0. The molecule has 13 heteroatoms. The van der Waals surface area contributed by atoms with E-state index < -0.39 is 41.6 Å². The molecule has 13 nitrogen and oxygen atoms in total. The molecule has 1 aromatic rings. The van der Waals surface area contributed by atoms with Crippen molar-refractivity contribution in [2.24, 2.45) is 0 Å². The number of anilines is 1. The number of rotatable bonds is 3. The van der Waals surface area contributed by atoms with Crippen molar-refractivity contribution in [1.82, 2.24) is 25.8 Å². The van der Waals surface area contributed by atoms with E-state index in [9.17, 15) is 24.9 Å². The van der Waals surface area contributed by atoms with Crippen molar-refractivity contribution >= 4 is 29.5 Å². The van der Waals surface area contributed by atoms with Crippen molar-refractivity contribution in [3.8, 4) is 0 Å². The predicted octanol–water partition coefficient (Wildman–Crippen LogP) is -3.09. The van der Waals surface area contributed by atoms with Gasteiger partial charge in [0.1, 0.15) is 12.6 Å². The summed E-state index contributed by atoms with van der Waals surface area (Å²) in [5.74, 6) is -3.60. The van der Waals surface area contributed by atoms with Crippen molar-refractivity contribution in [2.75, 3.05) is 24.5 Å². The van der Waals surface area contributed by atoms with Gasteiger partial charge in [-0.2, -0.15) is 0 Å². The standard InChI is InChI=1S/C18H22N8O5/c19-14-22-13-10(21-15(20)26-7-11(27)18(30,31)17(13,26)23-14)6-25-12(28)8-24(16(25)29)9-4-2-1-3-5-9/h1-5,10-11,13,27,30-31H,6-8H2,(H2,20,21)(H3,19,22,23)/t10?,11?,13-,17-/m0/s1. The molecule has 164 valence electrons. The van der Waals surface area contributed by atoms with Gasteiger partial charge in [-0.15, -0.1) is 0 Å². The van der Waals surface area contributed by atoms with Crippen LogP contribution < -0.4 is 20.9 Å². The van der Waals surface area contributed by atoms with Crippen molar-refractivity contribution in [1.29, 1.82) is 10.8 Å². The van der Waals surface area contributed by atoms with Gasteiger partial charge in [-0.3, -0.25) is 25.4 Å². The van der Waals surface area contributed by atoms with Crippen LogP contribution in [0.15, 0.2) is 30.3 Å². The number of benzene rings is 1. The largest absolute Gasteiger partial charge is 0.385 e. The van der Waals surface area contributed by atoms with Crippen LogP contribution in [0.25, 0.3) is 0 Å². The van der Waals surface area contributed by atoms with E-state index >= 15 is 0 Å². The lowest BCUT2D eigenvalue weighted by Gasteiger charge is -2.51. The average Bonchev–Trinajstić information content (AvgIpc) is 3.30. The number of carbonyl (C=O) groups is 2. The van der Waals surface area contributed by atoms with E-state index in [1.807, 2.05) is 0 Å². The molecule has 1 aromatic carbocycles. The summed E-state index contributed by atoms with van der Waals surface area (Å²) < 4.78 is 0. The molecule has 4 aliphatic rings. The molecule has 31 heavy (non-hydrogen) atoms. The molecule has 3 amide bonds. The Hall–Kier alpha value is -3.42. The number of hydrogen-bond donors (Lipinski definition) is 8. The lowest BCUT2D eigenvalue weighted by Crippen LogP contribution is -2.81. The van der Waals surface area contributed by atoms with E-state index in [-0.39, 0.29) is 31.6 Å². The highest BCUT2D eigenvalue weighted by Gasteiger charge is 2.74. The molecule has 0 radical (unpaired) electrons. The van der Waals surface area contributed by atoms with Crippen molar-refractivity contribution in [3.63, 3.8) is 0 Å². The van der Waals surface area contributed by atoms with E-state index in [2.05, 4.69) is 16.0 Å². The normalized spacial score (nSPS) is 33.8. The van der Waals surface area contributed by atoms with Crippen molar-refractivity contribution in [2.45, 2.75) is 29.6 Å². The molecule has 2 unspecified atom stereocenters. The van der Waals surface area contributed by atoms with Crippen LogP contribution >= 0.6 is 0 Å². The fraction of sp³-hybridized carbons (Fsp3) is 0.444. The zero-order valence-electron chi connectivity index (χ0n) is 16.2. The Balaban J connectivity index is 1.45. The first-order chi connectivity index (χ1) is 14.7. The number of aliphatic hydroxyl groups excluding tert-OH is 1. The highest BCUT2D eigenvalue weighted by molar-refractivity contribution is 6.12. The monoisotopic (exact) mass is 430 g/mol. The maximum atomic E-state index is 13.0. The predicted molar refractivity (Wildman–Crippen MR) is 106 cm³/mol. The topological polar surface area (TPSA) is 188 Å². The van der Waals surface area contributed by atoms with Crippen molar-refractivity contribution in [3.05, 3.63) is 30.3 Å². The van der Waals surface area contributed by atoms with Crippen LogP contribution in [0.5, 0.6) is 0 Å². The highest BCUT2D eigenvalue weighted by Crippen LogP contribution is 2.43. The number of hydrogen-bond acceptors (Lipinski definition) is 7. The van der Waals surface area contributed by atoms with Gasteiger partial charge in [-0.05, 0) is 12.1 Å². The van der Waals surface area contributed by atoms with Gasteiger partial charge in [0.25, 0.3) is 5.91 Å². The minimum absolute atomic E-state index is 0.140. The quantitative estimate of drug-likeness (QED) is 0.182. The van der Waals surface area contributed by atoms with Crippen LogP contribution in [0.1, 0.15) is 0 Å². The maximum absolute atomic E-state index is 13.0. The Morgan fingerprint density at radius 2 is 1.84 bits per heavy atom. The highest BCUT2D eigenvalue weighted by atomic mass is 16.5. The van der Waals surface area contributed by atoms with E-state index in [4.69, 9.17) is 10.8 Å². The first-order valence-electron chi connectivity index (χ1n) is 9.72. The molecule has 4 fully saturated rings. The van der Waals surface area contributed by atoms with E-state index in [1.165, 1.54) is 9.80 Å². The molecule has 4 saturated heterocycles. The van der Waals surface area contributed by atoms with Gasteiger partial charge in [-0.25, -0.2) is 4.79 Å². The second kappa shape index (κ2) is 6.29. The third kappa shape index (κ3) is 2.47. The van der Waals surface area contributed by atoms with E-state index in [0.717, 1.165) is 4.90 Å². The van der Waals surface area contributed by atoms with Crippen LogP contribution in [0.3, 0.4) is 0 Å². The summed E-state index contributed by atoms with van der Waals surface area (Å²) in [5.41, 5.74) is -1.25. The van der Waals surface area contributed by atoms with Gasteiger partial charge in [0.15, 0.2) is 17.6 Å². The minimum atomic E-state index is -2.70. The molecule has 0 bridgehead atoms. The van der Waals surface area contributed by atoms with Gasteiger partial charge in [-0.1, -0.05) is 18.2 Å². The molecule has 0 saturated carbocycles. The number of amides is 3. The Kier molecular flexibility index (Phi) is 3.96. The molecule has 8 N–H and O–H groups in total. The SMILES string of the molecule is N=C1N[C@H]2C(CN3C(=O)CN(c4ccccc4)C3=O)NC(=N)N3CC(O)C(O)(O)[C@]23N1. The molecule has 0 aromatic heterocycles. The second-order valence-corrected chi connectivity index (χ2v) is 8.05. The van der Waals surface area contributed by atoms with Gasteiger partial charge in [0.2, 0.25) is 5.79 Å². The number of urea groups is 1. The molecule has 4 atom stereocenters. The van der Waals surface area contributed by atoms with E-state index in [0.29, 0.717) is 5.69 Å². The average molecular weight is 430 g/mol. The van der Waals surface area contributed by atoms with Gasteiger partial charge < -0.3 is 36.2 Å². The molecule has 4 heterocycles. The van der Waals surface area contributed by atoms with Crippen molar-refractivity contribution < 1.29 is 24.9 Å². The fourth-order valence-electron chi connectivity index (χ4n) is 4.89. The second-order valence-electron chi connectivity index (χ2n) is 8.05. The number of carbonyl (C=O) groups excluding carboxylic acids is 2. The van der Waals surface area contributed by atoms with Crippen LogP contribution in [-0.4, -0.2) is 98.2 Å². The van der Waals surface area contributed by atoms with Crippen LogP contribution in [0.2, 0.25) is 0 Å². The third-order valence-corrected chi connectivity index (χ3v) is 6.37. The molecule has 1 spiro atoms. The Bertz CT molecular complexity index is 986. The molecule has 5 rings (SSSR count). The van der Waals surface area contributed by atoms with Gasteiger partial charge in [0.05, 0.1) is 25.2 Å². The molecular weight excluding hydrogens is 408 g/mol. The summed E-state index contributed by atoms with van der Waals surface area (Å²) in [6.45, 7) is -0.579. The first-order valence-corrected chi connectivity index (χ1v) is 9.72. The maximum Gasteiger partial charge on any atom is 0.331 e. The summed E-state index contributed by atoms with van der Waals surface area (Å²) in [4.78, 5) is 29.2. The van der Waals surface area contributed by atoms with Gasteiger partial charge in [0, 0.05) is 5.69 Å². The Morgan fingerprint density at radius 1 is 1.13 bits per heavy atom. The Labute approximate surface area is 176 Å². The van der Waals surface area contributed by atoms with Crippen LogP contribution in [0.4, 0.5) is 10.5 Å². The zero-order chi connectivity index (χ0) is 22.1. The lowest BCUT2D eigenvalue weighted by atomic mass is 9.85. The number of para-hydroxylation sites is 1. The van der Waals surface area contributed by atoms with E-state index in [1.54, 1.807) is 30.3 Å². The minimum Gasteiger partial charge on any atom is -0.385 e. The number of nitrogens with one attached hydrogen (secondary N) is 5. The summed E-state index contributed by atoms with van der Waals surface area (Å²) in [6.07, 6.45) is -1.61. The summed E-state index contributed by atoms with van der Waals surface area (Å²) in [5, 5.41) is 56.3. The molecule has 4 aliphatic heterocycles. The third-order valence-electron chi connectivity index (χ3n) is 6.37. The molecule has 0 aliphatic carbocycles. The smallest absolute Gasteiger partial charge is 0.331 e. The fourth-order valence-corrected chi connectivity index (χ4v) is 4.89. The number of aliphatic hydroxyl groups is 3. The number of imide groups is 1. The van der Waals surface area contributed by atoms with Crippen LogP contribution in [0, 0.1) is 10.8 Å². The number of nitrogens with zero attached hydrogens (tertiary/aromatic N) is 3. The lowest BCUT2D eigenvalue weighted by molar-refractivity contribution is -0.258.